The topological polar surface area (TPSA) is 0 Å². The summed E-state index contributed by atoms with van der Waals surface area (Å²) in [5, 5.41) is 2.45. The van der Waals surface area contributed by atoms with Gasteiger partial charge in [0.1, 0.15) is 0 Å². The molecule has 2 aromatic carbocycles. The minimum absolute atomic E-state index is 0.554. The molecule has 0 aliphatic rings. The highest BCUT2D eigenvalue weighted by Gasteiger charge is 1.99. The first-order valence-electron chi connectivity index (χ1n) is 4.55. The third-order valence-corrected chi connectivity index (χ3v) is 2.66. The summed E-state index contributed by atoms with van der Waals surface area (Å²) in [7, 11) is 0. The van der Waals surface area contributed by atoms with E-state index in [9.17, 15) is 0 Å². The van der Waals surface area contributed by atoms with Crippen molar-refractivity contribution in [1.29, 1.82) is 0 Å². The van der Waals surface area contributed by atoms with Gasteiger partial charge in [-0.05, 0) is 28.0 Å². The van der Waals surface area contributed by atoms with E-state index in [1.54, 1.807) is 0 Å². The molecule has 0 aliphatic carbocycles. The predicted molar refractivity (Wildman–Crippen MR) is 63.6 cm³/mol. The molecule has 1 heteroatoms. The van der Waals surface area contributed by atoms with E-state index in [1.807, 2.05) is 12.1 Å². The molecule has 0 spiro atoms. The minimum atomic E-state index is 0.554. The number of rotatable bonds is 2. The molecule has 0 saturated heterocycles. The maximum atomic E-state index is 5.88. The lowest BCUT2D eigenvalue weighted by molar-refractivity contribution is 1.45. The van der Waals surface area contributed by atoms with Crippen molar-refractivity contribution < 1.29 is 0 Å². The van der Waals surface area contributed by atoms with Crippen LogP contribution in [0.3, 0.4) is 0 Å². The molecule has 0 heterocycles. The van der Waals surface area contributed by atoms with E-state index in [0.717, 1.165) is 5.56 Å². The lowest BCUT2D eigenvalue weighted by atomic mass is 10.0. The van der Waals surface area contributed by atoms with Gasteiger partial charge in [-0.15, -0.1) is 11.6 Å². The van der Waals surface area contributed by atoms with Gasteiger partial charge in [0.2, 0.25) is 0 Å². The van der Waals surface area contributed by atoms with Crippen molar-refractivity contribution in [3.8, 4) is 0 Å². The Morgan fingerprint density at radius 2 is 2.07 bits per heavy atom. The molecular weight excluding hydrogens is 192 g/mol. The van der Waals surface area contributed by atoms with Crippen LogP contribution in [-0.2, 0) is 5.88 Å². The third kappa shape index (κ3) is 1.53. The van der Waals surface area contributed by atoms with Crippen LogP contribution < -0.4 is 0 Å². The second-order valence-electron chi connectivity index (χ2n) is 3.24. The number of hydrogen-bond acceptors (Lipinski definition) is 0. The number of hydrogen-bond donors (Lipinski definition) is 0. The van der Waals surface area contributed by atoms with Crippen molar-refractivity contribution in [2.45, 2.75) is 5.88 Å². The second-order valence-corrected chi connectivity index (χ2v) is 3.50. The standard InChI is InChI=1S/C13H11Cl/c1-2-10-6-7-11-4-3-5-12(9-14)13(11)8-10/h2-8H,1,9H2. The lowest BCUT2D eigenvalue weighted by Gasteiger charge is -2.04. The lowest BCUT2D eigenvalue weighted by Crippen LogP contribution is -1.82. The van der Waals surface area contributed by atoms with Crippen molar-refractivity contribution >= 4 is 28.4 Å². The van der Waals surface area contributed by atoms with Crippen molar-refractivity contribution in [3.63, 3.8) is 0 Å². The summed E-state index contributed by atoms with van der Waals surface area (Å²) >= 11 is 5.88. The molecule has 0 aliphatic heterocycles. The molecular formula is C13H11Cl. The zero-order valence-electron chi connectivity index (χ0n) is 7.83. The fourth-order valence-electron chi connectivity index (χ4n) is 1.60. The predicted octanol–water partition coefficient (Wildman–Crippen LogP) is 4.22. The van der Waals surface area contributed by atoms with Crippen LogP contribution >= 0.6 is 11.6 Å². The first-order chi connectivity index (χ1) is 6.85. The van der Waals surface area contributed by atoms with Gasteiger partial charge in [-0.3, -0.25) is 0 Å². The summed E-state index contributed by atoms with van der Waals surface area (Å²) in [6, 6.07) is 12.5. The monoisotopic (exact) mass is 202 g/mol. The molecule has 0 bridgehead atoms. The fourth-order valence-corrected chi connectivity index (χ4v) is 1.83. The van der Waals surface area contributed by atoms with Crippen molar-refractivity contribution in [2.24, 2.45) is 0 Å². The van der Waals surface area contributed by atoms with Crippen LogP contribution in [0.25, 0.3) is 16.8 Å². The van der Waals surface area contributed by atoms with E-state index in [4.69, 9.17) is 11.6 Å². The Hall–Kier alpha value is -1.27. The molecule has 14 heavy (non-hydrogen) atoms. The van der Waals surface area contributed by atoms with Crippen LogP contribution in [0.4, 0.5) is 0 Å². The molecule has 70 valence electrons. The van der Waals surface area contributed by atoms with Gasteiger partial charge in [0.15, 0.2) is 0 Å². The number of fused-ring (bicyclic) bond motifs is 1. The molecule has 0 amide bonds. The van der Waals surface area contributed by atoms with Crippen LogP contribution in [0.2, 0.25) is 0 Å². The summed E-state index contributed by atoms with van der Waals surface area (Å²) in [5.41, 5.74) is 2.31. The second kappa shape index (κ2) is 3.85. The normalized spacial score (nSPS) is 10.4. The summed E-state index contributed by atoms with van der Waals surface area (Å²) in [5.74, 6) is 0.554. The Morgan fingerprint density at radius 3 is 2.79 bits per heavy atom. The Bertz CT molecular complexity index is 472. The molecule has 0 radical (unpaired) electrons. The SMILES string of the molecule is C=Cc1ccc2cccc(CCl)c2c1. The van der Waals surface area contributed by atoms with E-state index in [-0.39, 0.29) is 0 Å². The molecule has 0 nitrogen and oxygen atoms in total. The number of benzene rings is 2. The maximum Gasteiger partial charge on any atom is 0.0480 e. The van der Waals surface area contributed by atoms with E-state index < -0.39 is 0 Å². The van der Waals surface area contributed by atoms with Crippen LogP contribution in [-0.4, -0.2) is 0 Å². The average Bonchev–Trinajstić information content (AvgIpc) is 2.27. The third-order valence-electron chi connectivity index (χ3n) is 2.38. The minimum Gasteiger partial charge on any atom is -0.122 e. The van der Waals surface area contributed by atoms with Gasteiger partial charge < -0.3 is 0 Å². The highest BCUT2D eigenvalue weighted by molar-refractivity contribution is 6.18. The van der Waals surface area contributed by atoms with Crippen molar-refractivity contribution in [2.75, 3.05) is 0 Å². The molecule has 2 rings (SSSR count). The molecule has 0 N–H and O–H groups in total. The van der Waals surface area contributed by atoms with E-state index in [2.05, 4.69) is 36.9 Å². The Kier molecular flexibility index (Phi) is 2.55. The fraction of sp³-hybridized carbons (Fsp3) is 0.0769. The molecule has 0 unspecified atom stereocenters. The van der Waals surface area contributed by atoms with Crippen LogP contribution in [0.5, 0.6) is 0 Å². The molecule has 0 atom stereocenters. The molecule has 0 fully saturated rings. The Labute approximate surface area is 88.8 Å². The first kappa shape index (κ1) is 9.29. The van der Waals surface area contributed by atoms with Gasteiger partial charge in [-0.1, -0.05) is 43.0 Å². The summed E-state index contributed by atoms with van der Waals surface area (Å²) in [4.78, 5) is 0. The highest BCUT2D eigenvalue weighted by atomic mass is 35.5. The van der Waals surface area contributed by atoms with Gasteiger partial charge in [0.25, 0.3) is 0 Å². The van der Waals surface area contributed by atoms with E-state index >= 15 is 0 Å². The maximum absolute atomic E-state index is 5.88. The quantitative estimate of drug-likeness (QED) is 0.640. The number of halogens is 1. The van der Waals surface area contributed by atoms with Gasteiger partial charge in [-0.2, -0.15) is 0 Å². The zero-order chi connectivity index (χ0) is 9.97. The summed E-state index contributed by atoms with van der Waals surface area (Å²) in [6.45, 7) is 3.76. The largest absolute Gasteiger partial charge is 0.122 e. The van der Waals surface area contributed by atoms with Gasteiger partial charge in [-0.25, -0.2) is 0 Å². The van der Waals surface area contributed by atoms with Crippen LogP contribution in [0.1, 0.15) is 11.1 Å². The summed E-state index contributed by atoms with van der Waals surface area (Å²) < 4.78 is 0. The van der Waals surface area contributed by atoms with Crippen molar-refractivity contribution in [3.05, 3.63) is 54.1 Å². The molecule has 0 saturated carbocycles. The van der Waals surface area contributed by atoms with Crippen LogP contribution in [0.15, 0.2) is 43.0 Å². The highest BCUT2D eigenvalue weighted by Crippen LogP contribution is 2.22. The average molecular weight is 203 g/mol. The Balaban J connectivity index is 2.76. The Morgan fingerprint density at radius 1 is 1.21 bits per heavy atom. The van der Waals surface area contributed by atoms with Crippen molar-refractivity contribution in [1.82, 2.24) is 0 Å². The van der Waals surface area contributed by atoms with Crippen LogP contribution in [0, 0.1) is 0 Å². The first-order valence-corrected chi connectivity index (χ1v) is 5.08. The number of alkyl halides is 1. The van der Waals surface area contributed by atoms with E-state index in [0.29, 0.717) is 5.88 Å². The molecule has 2 aromatic rings. The van der Waals surface area contributed by atoms with Gasteiger partial charge in [0, 0.05) is 5.88 Å². The summed E-state index contributed by atoms with van der Waals surface area (Å²) in [6.07, 6.45) is 1.85. The van der Waals surface area contributed by atoms with Gasteiger partial charge in [0.05, 0.1) is 0 Å². The zero-order valence-corrected chi connectivity index (χ0v) is 8.59. The van der Waals surface area contributed by atoms with Gasteiger partial charge >= 0.3 is 0 Å². The molecule has 0 aromatic heterocycles. The van der Waals surface area contributed by atoms with E-state index in [1.165, 1.54) is 16.3 Å². The smallest absolute Gasteiger partial charge is 0.0480 e.